The van der Waals surface area contributed by atoms with E-state index in [-0.39, 0.29) is 11.4 Å². The number of hydrogen-bond acceptors (Lipinski definition) is 2. The molecule has 0 unspecified atom stereocenters. The highest BCUT2D eigenvalue weighted by atomic mass is 16.5. The molecule has 0 saturated carbocycles. The lowest BCUT2D eigenvalue weighted by Crippen LogP contribution is -2.61. The summed E-state index contributed by atoms with van der Waals surface area (Å²) >= 11 is 0. The van der Waals surface area contributed by atoms with Gasteiger partial charge in [-0.3, -0.25) is 4.79 Å². The van der Waals surface area contributed by atoms with Crippen molar-refractivity contribution in [2.45, 2.75) is 72.0 Å². The Morgan fingerprint density at radius 2 is 1.31 bits per heavy atom. The Morgan fingerprint density at radius 1 is 0.938 bits per heavy atom. The fraction of sp³-hybridized carbons (Fsp3) is 0.917. The fourth-order valence-corrected chi connectivity index (χ4v) is 1.42. The summed E-state index contributed by atoms with van der Waals surface area (Å²) in [6.45, 7) is 14.4. The van der Waals surface area contributed by atoms with Crippen LogP contribution >= 0.6 is 0 Å². The first-order valence-corrected chi connectivity index (χ1v) is 5.58. The molecule has 0 aliphatic rings. The molecule has 0 heterocycles. The van der Waals surface area contributed by atoms with Crippen molar-refractivity contribution in [3.05, 3.63) is 0 Å². The van der Waals surface area contributed by atoms with Gasteiger partial charge >= 0.3 is 0 Å². The Kier molecular flexibility index (Phi) is 4.17. The highest BCUT2D eigenvalue weighted by Gasteiger charge is 2.42. The molecule has 4 nitrogen and oxygen atoms in total. The van der Waals surface area contributed by atoms with E-state index in [2.05, 4.69) is 5.32 Å². The second kappa shape index (κ2) is 4.34. The van der Waals surface area contributed by atoms with E-state index in [1.807, 2.05) is 20.8 Å². The molecular formula is C12H25N2O2. The van der Waals surface area contributed by atoms with Crippen molar-refractivity contribution in [2.24, 2.45) is 0 Å². The van der Waals surface area contributed by atoms with Crippen LogP contribution < -0.4 is 5.32 Å². The Balaban J connectivity index is 4.86. The summed E-state index contributed by atoms with van der Waals surface area (Å²) in [4.78, 5) is 12.0. The molecule has 0 saturated heterocycles. The zero-order valence-electron chi connectivity index (χ0n) is 11.8. The topological polar surface area (TPSA) is 52.2 Å². The van der Waals surface area contributed by atoms with Gasteiger partial charge in [-0.25, -0.2) is 0 Å². The third-order valence-electron chi connectivity index (χ3n) is 2.16. The van der Waals surface area contributed by atoms with Crippen LogP contribution in [0.4, 0.5) is 0 Å². The van der Waals surface area contributed by atoms with E-state index < -0.39 is 11.1 Å². The summed E-state index contributed by atoms with van der Waals surface area (Å²) in [5.41, 5.74) is -1.97. The minimum absolute atomic E-state index is 0.245. The van der Waals surface area contributed by atoms with Crippen LogP contribution in [0, 0.1) is 0 Å². The lowest BCUT2D eigenvalue weighted by Gasteiger charge is -2.40. The number of nitrogens with zero attached hydrogens (tertiary/aromatic N) is 1. The Morgan fingerprint density at radius 3 is 1.56 bits per heavy atom. The number of hydrogen-bond donors (Lipinski definition) is 1. The van der Waals surface area contributed by atoms with Crippen LogP contribution in [0.25, 0.3) is 0 Å². The summed E-state index contributed by atoms with van der Waals surface area (Å²) in [6, 6.07) is 0. The third kappa shape index (κ3) is 4.10. The van der Waals surface area contributed by atoms with Gasteiger partial charge in [0.1, 0.15) is 5.54 Å². The van der Waals surface area contributed by atoms with Crippen LogP contribution in [0.3, 0.4) is 0 Å². The SMILES string of the molecule is CC(C)(C)NC(=O)C(C)(C)N([O])C(C)(C)C. The van der Waals surface area contributed by atoms with Gasteiger partial charge in [-0.15, -0.1) is 10.3 Å². The van der Waals surface area contributed by atoms with Crippen molar-refractivity contribution < 1.29 is 10.0 Å². The monoisotopic (exact) mass is 229 g/mol. The van der Waals surface area contributed by atoms with E-state index in [0.717, 1.165) is 5.06 Å². The molecule has 0 aliphatic carbocycles. The minimum atomic E-state index is -1.06. The number of carbonyl (C=O) groups is 1. The van der Waals surface area contributed by atoms with Crippen LogP contribution in [0.15, 0.2) is 0 Å². The maximum Gasteiger partial charge on any atom is 0.242 e. The van der Waals surface area contributed by atoms with Crippen molar-refractivity contribution in [1.82, 2.24) is 10.4 Å². The van der Waals surface area contributed by atoms with Gasteiger partial charge in [-0.05, 0) is 55.4 Å². The standard InChI is InChI=1S/C12H25N2O2/c1-10(2,3)13-9(15)12(7,8)14(16)11(4,5)6/h1-8H3,(H,13,15). The highest BCUT2D eigenvalue weighted by Crippen LogP contribution is 2.23. The van der Waals surface area contributed by atoms with E-state index in [9.17, 15) is 10.0 Å². The summed E-state index contributed by atoms with van der Waals surface area (Å²) in [6.07, 6.45) is 0. The fourth-order valence-electron chi connectivity index (χ4n) is 1.42. The Labute approximate surface area is 99.0 Å². The summed E-state index contributed by atoms with van der Waals surface area (Å²) in [7, 11) is 0. The second-order valence-corrected chi connectivity index (χ2v) is 6.73. The average molecular weight is 229 g/mol. The number of amides is 1. The summed E-state index contributed by atoms with van der Waals surface area (Å²) in [5.74, 6) is -0.245. The maximum atomic E-state index is 12.1. The number of carbonyl (C=O) groups excluding carboxylic acids is 1. The quantitative estimate of drug-likeness (QED) is 0.737. The summed E-state index contributed by atoms with van der Waals surface area (Å²) in [5, 5.41) is 15.7. The molecule has 1 N–H and O–H groups in total. The van der Waals surface area contributed by atoms with E-state index in [1.54, 1.807) is 34.6 Å². The molecular weight excluding hydrogens is 204 g/mol. The normalized spacial score (nSPS) is 14.1. The predicted molar refractivity (Wildman–Crippen MR) is 64.3 cm³/mol. The van der Waals surface area contributed by atoms with Gasteiger partial charge in [0.2, 0.25) is 5.91 Å². The zero-order valence-corrected chi connectivity index (χ0v) is 11.8. The molecule has 4 heteroatoms. The molecule has 0 aliphatic heterocycles. The van der Waals surface area contributed by atoms with Crippen molar-refractivity contribution >= 4 is 5.91 Å². The molecule has 0 aromatic heterocycles. The largest absolute Gasteiger partial charge is 0.350 e. The number of hydroxylamine groups is 2. The molecule has 0 bridgehead atoms. The van der Waals surface area contributed by atoms with E-state index >= 15 is 0 Å². The van der Waals surface area contributed by atoms with E-state index in [0.29, 0.717) is 0 Å². The van der Waals surface area contributed by atoms with Crippen LogP contribution in [0.2, 0.25) is 0 Å². The van der Waals surface area contributed by atoms with E-state index in [4.69, 9.17) is 0 Å². The van der Waals surface area contributed by atoms with Gasteiger partial charge in [0, 0.05) is 11.1 Å². The van der Waals surface area contributed by atoms with Crippen molar-refractivity contribution in [2.75, 3.05) is 0 Å². The lowest BCUT2D eigenvalue weighted by molar-refractivity contribution is -0.261. The smallest absolute Gasteiger partial charge is 0.242 e. The van der Waals surface area contributed by atoms with Crippen LogP contribution in [0.1, 0.15) is 55.4 Å². The average Bonchev–Trinajstić information content (AvgIpc) is 1.97. The third-order valence-corrected chi connectivity index (χ3v) is 2.16. The van der Waals surface area contributed by atoms with Crippen LogP contribution in [-0.2, 0) is 10.0 Å². The predicted octanol–water partition coefficient (Wildman–Crippen LogP) is 2.13. The zero-order chi connectivity index (χ0) is 13.4. The molecule has 16 heavy (non-hydrogen) atoms. The van der Waals surface area contributed by atoms with Gasteiger partial charge in [0.25, 0.3) is 0 Å². The maximum absolute atomic E-state index is 12.1. The molecule has 0 atom stereocenters. The molecule has 0 fully saturated rings. The highest BCUT2D eigenvalue weighted by molar-refractivity contribution is 5.85. The number of rotatable bonds is 2. The van der Waals surface area contributed by atoms with Crippen molar-refractivity contribution in [1.29, 1.82) is 0 Å². The first-order chi connectivity index (χ1) is 6.78. The minimum Gasteiger partial charge on any atom is -0.350 e. The van der Waals surface area contributed by atoms with E-state index in [1.165, 1.54) is 0 Å². The van der Waals surface area contributed by atoms with Gasteiger partial charge in [0.05, 0.1) is 0 Å². The second-order valence-electron chi connectivity index (χ2n) is 6.73. The van der Waals surface area contributed by atoms with Crippen molar-refractivity contribution in [3.63, 3.8) is 0 Å². The molecule has 1 amide bonds. The Bertz CT molecular complexity index is 259. The van der Waals surface area contributed by atoms with Gasteiger partial charge in [0.15, 0.2) is 0 Å². The van der Waals surface area contributed by atoms with Crippen LogP contribution in [0.5, 0.6) is 0 Å². The summed E-state index contributed by atoms with van der Waals surface area (Å²) < 4.78 is 0. The molecule has 95 valence electrons. The molecule has 0 rings (SSSR count). The molecule has 0 aromatic carbocycles. The van der Waals surface area contributed by atoms with Gasteiger partial charge < -0.3 is 5.32 Å². The molecule has 0 spiro atoms. The first kappa shape index (κ1) is 15.4. The van der Waals surface area contributed by atoms with Crippen LogP contribution in [-0.4, -0.2) is 27.6 Å². The Hall–Kier alpha value is -0.610. The lowest BCUT2D eigenvalue weighted by atomic mass is 9.95. The van der Waals surface area contributed by atoms with Crippen molar-refractivity contribution in [3.8, 4) is 0 Å². The number of nitrogens with one attached hydrogen (secondary N) is 1. The first-order valence-electron chi connectivity index (χ1n) is 5.58. The van der Waals surface area contributed by atoms with Gasteiger partial charge in [-0.2, -0.15) is 0 Å². The van der Waals surface area contributed by atoms with Gasteiger partial charge in [-0.1, -0.05) is 0 Å². The molecule has 1 radical (unpaired) electrons. The molecule has 0 aromatic rings.